The van der Waals surface area contributed by atoms with E-state index in [0.29, 0.717) is 0 Å². The first-order valence-corrected chi connectivity index (χ1v) is 6.34. The Morgan fingerprint density at radius 1 is 0.938 bits per heavy atom. The Kier molecular flexibility index (Phi) is 3.73. The Bertz CT molecular complexity index is 445. The second-order valence-corrected chi connectivity index (χ2v) is 4.75. The van der Waals surface area contributed by atoms with E-state index in [1.54, 1.807) is 0 Å². The first-order chi connectivity index (χ1) is 7.79. The van der Waals surface area contributed by atoms with Gasteiger partial charge in [0.2, 0.25) is 0 Å². The first-order valence-electron chi connectivity index (χ1n) is 5.54. The van der Waals surface area contributed by atoms with Crippen molar-refractivity contribution in [2.24, 2.45) is 0 Å². The number of pyridine rings is 1. The molecule has 0 atom stereocenters. The zero-order valence-electron chi connectivity index (χ0n) is 9.36. The maximum atomic E-state index is 3.45. The van der Waals surface area contributed by atoms with Gasteiger partial charge in [0, 0.05) is 23.0 Å². The second kappa shape index (κ2) is 5.26. The van der Waals surface area contributed by atoms with E-state index in [-0.39, 0.29) is 0 Å². The van der Waals surface area contributed by atoms with Crippen LogP contribution in [0.25, 0.3) is 11.1 Å². The number of aromatic nitrogens is 1. The van der Waals surface area contributed by atoms with E-state index in [1.165, 1.54) is 17.5 Å². The highest BCUT2D eigenvalue weighted by Gasteiger charge is 2.01. The van der Waals surface area contributed by atoms with Gasteiger partial charge in [-0.3, -0.25) is 0 Å². The molecule has 0 aliphatic carbocycles. The van der Waals surface area contributed by atoms with Crippen molar-refractivity contribution in [3.63, 3.8) is 0 Å². The van der Waals surface area contributed by atoms with Crippen LogP contribution in [0.15, 0.2) is 53.3 Å². The largest absolute Gasteiger partial charge is 0.205 e. The van der Waals surface area contributed by atoms with Gasteiger partial charge in [-0.15, -0.1) is 0 Å². The molecule has 1 nitrogen and oxygen atoms in total. The summed E-state index contributed by atoms with van der Waals surface area (Å²) in [4.78, 5) is 0. The van der Waals surface area contributed by atoms with E-state index < -0.39 is 0 Å². The monoisotopic (exact) mass is 276 g/mol. The molecule has 0 fully saturated rings. The molecule has 0 amide bonds. The second-order valence-electron chi connectivity index (χ2n) is 3.83. The summed E-state index contributed by atoms with van der Waals surface area (Å²) in [6.45, 7) is 3.27. The van der Waals surface area contributed by atoms with Gasteiger partial charge in [0.1, 0.15) is 6.54 Å². The van der Waals surface area contributed by atoms with Crippen LogP contribution < -0.4 is 4.57 Å². The van der Waals surface area contributed by atoms with Crippen molar-refractivity contribution in [3.05, 3.63) is 53.3 Å². The molecule has 16 heavy (non-hydrogen) atoms. The van der Waals surface area contributed by atoms with E-state index in [9.17, 15) is 0 Å². The van der Waals surface area contributed by atoms with Gasteiger partial charge in [0.15, 0.2) is 12.4 Å². The van der Waals surface area contributed by atoms with Gasteiger partial charge >= 0.3 is 0 Å². The minimum Gasteiger partial charge on any atom is -0.205 e. The van der Waals surface area contributed by atoms with Crippen LogP contribution in [0.3, 0.4) is 0 Å². The smallest absolute Gasteiger partial charge is 0.169 e. The van der Waals surface area contributed by atoms with Crippen molar-refractivity contribution >= 4 is 15.9 Å². The Hall–Kier alpha value is -1.15. The Labute approximate surface area is 105 Å². The van der Waals surface area contributed by atoms with Crippen LogP contribution in [0.5, 0.6) is 0 Å². The van der Waals surface area contributed by atoms with E-state index in [4.69, 9.17) is 0 Å². The summed E-state index contributed by atoms with van der Waals surface area (Å²) in [6.07, 6.45) is 5.45. The molecule has 0 bridgehead atoms. The fraction of sp³-hybridized carbons (Fsp3) is 0.214. The van der Waals surface area contributed by atoms with Gasteiger partial charge in [-0.25, -0.2) is 4.57 Å². The summed E-state index contributed by atoms with van der Waals surface area (Å²) in [6, 6.07) is 12.7. The predicted molar refractivity (Wildman–Crippen MR) is 70.1 cm³/mol. The van der Waals surface area contributed by atoms with Gasteiger partial charge in [-0.2, -0.15) is 0 Å². The molecule has 82 valence electrons. The maximum Gasteiger partial charge on any atom is 0.169 e. The van der Waals surface area contributed by atoms with Crippen molar-refractivity contribution < 1.29 is 4.57 Å². The molecule has 0 saturated carbocycles. The molecule has 1 heterocycles. The Morgan fingerprint density at radius 2 is 1.50 bits per heavy atom. The number of halogens is 1. The summed E-state index contributed by atoms with van der Waals surface area (Å²) >= 11 is 3.45. The zero-order chi connectivity index (χ0) is 11.4. The highest BCUT2D eigenvalue weighted by Crippen LogP contribution is 2.20. The third kappa shape index (κ3) is 2.70. The highest BCUT2D eigenvalue weighted by molar-refractivity contribution is 9.10. The number of rotatable bonds is 3. The van der Waals surface area contributed by atoms with Gasteiger partial charge < -0.3 is 0 Å². The van der Waals surface area contributed by atoms with Crippen LogP contribution in [-0.4, -0.2) is 0 Å². The maximum absolute atomic E-state index is 3.45. The molecule has 2 aromatic rings. The lowest BCUT2D eigenvalue weighted by molar-refractivity contribution is -0.696. The minimum atomic E-state index is 1.08. The average Bonchev–Trinajstić information content (AvgIpc) is 2.32. The number of hydrogen-bond donors (Lipinski definition) is 0. The normalized spacial score (nSPS) is 10.4. The molecule has 2 heteroatoms. The van der Waals surface area contributed by atoms with Crippen molar-refractivity contribution in [3.8, 4) is 11.1 Å². The molecule has 0 spiro atoms. The molecular weight excluding hydrogens is 262 g/mol. The van der Waals surface area contributed by atoms with E-state index >= 15 is 0 Å². The van der Waals surface area contributed by atoms with Gasteiger partial charge in [-0.05, 0) is 23.3 Å². The predicted octanol–water partition coefficient (Wildman–Crippen LogP) is 3.81. The molecule has 0 aliphatic heterocycles. The summed E-state index contributed by atoms with van der Waals surface area (Å²) in [5, 5.41) is 0. The lowest BCUT2D eigenvalue weighted by Gasteiger charge is -2.01. The number of nitrogens with zero attached hydrogens (tertiary/aromatic N) is 1. The fourth-order valence-electron chi connectivity index (χ4n) is 1.70. The topological polar surface area (TPSA) is 3.88 Å². The van der Waals surface area contributed by atoms with E-state index in [2.05, 4.69) is 76.2 Å². The van der Waals surface area contributed by atoms with E-state index in [0.717, 1.165) is 11.0 Å². The lowest BCUT2D eigenvalue weighted by atomic mass is 10.1. The van der Waals surface area contributed by atoms with Crippen LogP contribution in [0.2, 0.25) is 0 Å². The number of hydrogen-bond acceptors (Lipinski definition) is 0. The molecule has 0 saturated heterocycles. The molecule has 1 aromatic heterocycles. The molecule has 0 unspecified atom stereocenters. The lowest BCUT2D eigenvalue weighted by Crippen LogP contribution is -2.31. The van der Waals surface area contributed by atoms with Crippen molar-refractivity contribution in [1.82, 2.24) is 0 Å². The summed E-state index contributed by atoms with van der Waals surface area (Å²) in [7, 11) is 0. The van der Waals surface area contributed by atoms with E-state index in [1.807, 2.05) is 0 Å². The first kappa shape index (κ1) is 11.3. The van der Waals surface area contributed by atoms with Gasteiger partial charge in [0.05, 0.1) is 0 Å². The summed E-state index contributed by atoms with van der Waals surface area (Å²) in [5.41, 5.74) is 2.52. The van der Waals surface area contributed by atoms with Crippen LogP contribution in [0.1, 0.15) is 13.3 Å². The van der Waals surface area contributed by atoms with Crippen molar-refractivity contribution in [2.45, 2.75) is 19.9 Å². The van der Waals surface area contributed by atoms with Gasteiger partial charge in [0.25, 0.3) is 0 Å². The fourth-order valence-corrected chi connectivity index (χ4v) is 1.96. The van der Waals surface area contributed by atoms with Crippen LogP contribution >= 0.6 is 15.9 Å². The summed E-state index contributed by atoms with van der Waals surface area (Å²) < 4.78 is 3.33. The van der Waals surface area contributed by atoms with Crippen LogP contribution in [0, 0.1) is 0 Å². The molecular formula is C14H15BrN+. The number of aryl methyl sites for hydroxylation is 1. The number of benzene rings is 1. The standard InChI is InChI=1S/C14H15BrN/c1-2-9-16-10-7-13(8-11-16)12-3-5-14(15)6-4-12/h3-8,10-11H,2,9H2,1H3/q+1. The quantitative estimate of drug-likeness (QED) is 0.751. The zero-order valence-corrected chi connectivity index (χ0v) is 10.9. The Balaban J connectivity index is 2.24. The third-order valence-corrected chi connectivity index (χ3v) is 3.08. The highest BCUT2D eigenvalue weighted by atomic mass is 79.9. The Morgan fingerprint density at radius 3 is 2.06 bits per heavy atom. The van der Waals surface area contributed by atoms with Crippen molar-refractivity contribution in [2.75, 3.05) is 0 Å². The average molecular weight is 277 g/mol. The van der Waals surface area contributed by atoms with Crippen LogP contribution in [-0.2, 0) is 6.54 Å². The van der Waals surface area contributed by atoms with Crippen LogP contribution in [0.4, 0.5) is 0 Å². The van der Waals surface area contributed by atoms with Crippen molar-refractivity contribution in [1.29, 1.82) is 0 Å². The molecule has 0 radical (unpaired) electrons. The molecule has 1 aromatic carbocycles. The third-order valence-electron chi connectivity index (χ3n) is 2.55. The SMILES string of the molecule is CCC[n+]1ccc(-c2ccc(Br)cc2)cc1. The molecule has 0 N–H and O–H groups in total. The molecule has 2 rings (SSSR count). The minimum absolute atomic E-state index is 1.08. The molecule has 0 aliphatic rings. The summed E-state index contributed by atoms with van der Waals surface area (Å²) in [5.74, 6) is 0. The van der Waals surface area contributed by atoms with Gasteiger partial charge in [-0.1, -0.05) is 35.0 Å².